The fourth-order valence-corrected chi connectivity index (χ4v) is 3.13. The Kier molecular flexibility index (Phi) is 18.2. The van der Waals surface area contributed by atoms with Crippen molar-refractivity contribution in [2.75, 3.05) is 0 Å². The zero-order valence-electron chi connectivity index (χ0n) is 7.57. The molecular formula is C5H17Na3O7P2. The van der Waals surface area contributed by atoms with E-state index in [0.29, 0.717) is 6.42 Å². The Morgan fingerprint density at radius 3 is 1.41 bits per heavy atom. The molecule has 0 rings (SSSR count). The summed E-state index contributed by atoms with van der Waals surface area (Å²) in [5, 5.41) is 6.05. The van der Waals surface area contributed by atoms with Gasteiger partial charge in [-0.25, -0.2) is 0 Å². The summed E-state index contributed by atoms with van der Waals surface area (Å²) in [5.74, 6) is 0. The molecule has 0 spiro atoms. The van der Waals surface area contributed by atoms with Gasteiger partial charge in [0.05, 0.1) is 0 Å². The number of unbranched alkanes of at least 4 members (excludes halogenated alkanes) is 1. The van der Waals surface area contributed by atoms with Crippen LogP contribution in [-0.2, 0) is 9.13 Å². The number of aliphatic hydroxyl groups is 1. The van der Waals surface area contributed by atoms with Crippen molar-refractivity contribution in [3.63, 3.8) is 0 Å². The van der Waals surface area contributed by atoms with Crippen LogP contribution in [0.2, 0.25) is 0 Å². The van der Waals surface area contributed by atoms with Crippen LogP contribution in [0.3, 0.4) is 0 Å². The van der Waals surface area contributed by atoms with E-state index >= 15 is 0 Å². The third-order valence-electron chi connectivity index (χ3n) is 1.80. The minimum atomic E-state index is -5.25. The fraction of sp³-hybridized carbons (Fsp3) is 1.00. The summed E-state index contributed by atoms with van der Waals surface area (Å²) >= 11 is 0. The molecule has 17 heavy (non-hydrogen) atoms. The third-order valence-corrected chi connectivity index (χ3v) is 5.68. The van der Waals surface area contributed by atoms with Gasteiger partial charge in [-0.05, 0) is 12.8 Å². The molecule has 0 heterocycles. The fourth-order valence-electron chi connectivity index (χ4n) is 0.875. The first kappa shape index (κ1) is 28.4. The molecule has 0 saturated carbocycles. The van der Waals surface area contributed by atoms with Crippen molar-refractivity contribution in [1.29, 1.82) is 0 Å². The van der Waals surface area contributed by atoms with Crippen LogP contribution in [0.5, 0.6) is 0 Å². The summed E-state index contributed by atoms with van der Waals surface area (Å²) in [7, 11) is -10.5. The van der Waals surface area contributed by atoms with Gasteiger partial charge in [0.1, 0.15) is 0 Å². The van der Waals surface area contributed by atoms with Crippen molar-refractivity contribution < 1.29 is 33.8 Å². The van der Waals surface area contributed by atoms with Crippen molar-refractivity contribution >= 4 is 104 Å². The molecule has 0 saturated heterocycles. The Labute approximate surface area is 166 Å². The van der Waals surface area contributed by atoms with E-state index < -0.39 is 26.7 Å². The molecule has 0 aromatic heterocycles. The molecule has 0 radical (unpaired) electrons. The Morgan fingerprint density at radius 2 is 1.24 bits per heavy atom. The van der Waals surface area contributed by atoms with Crippen LogP contribution in [0.15, 0.2) is 0 Å². The summed E-state index contributed by atoms with van der Waals surface area (Å²) in [6.45, 7) is 1.67. The van der Waals surface area contributed by atoms with Crippen molar-refractivity contribution in [1.82, 2.24) is 0 Å². The second kappa shape index (κ2) is 10.9. The topological polar surface area (TPSA) is 135 Å². The Morgan fingerprint density at radius 1 is 0.941 bits per heavy atom. The normalized spacial score (nSPS) is 11.9. The van der Waals surface area contributed by atoms with E-state index in [9.17, 15) is 14.2 Å². The minimum absolute atomic E-state index is 0. The van der Waals surface area contributed by atoms with Gasteiger partial charge in [-0.3, -0.25) is 9.13 Å². The summed E-state index contributed by atoms with van der Waals surface area (Å²) in [6.07, 6.45) is -0.0485. The standard InChI is InChI=1S/C5H14O7P2.3Na.3H/c1-2-3-4-5(6,13(7,8)9)14(10,11)12;;;;;;/h6H,2-4H2,1H3,(H2,7,8,9)(H2,10,11,12);;;;;;. The molecule has 7 nitrogen and oxygen atoms in total. The second-order valence-electron chi connectivity index (χ2n) is 2.97. The third kappa shape index (κ3) is 8.32. The maximum atomic E-state index is 10.8. The van der Waals surface area contributed by atoms with Gasteiger partial charge in [-0.1, -0.05) is 13.3 Å². The molecule has 0 amide bonds. The summed E-state index contributed by atoms with van der Waals surface area (Å²) in [6, 6.07) is 0. The van der Waals surface area contributed by atoms with Gasteiger partial charge in [0.2, 0.25) is 0 Å². The molecule has 0 aliphatic rings. The van der Waals surface area contributed by atoms with Crippen molar-refractivity contribution in [3.8, 4) is 0 Å². The summed E-state index contributed by atoms with van der Waals surface area (Å²) in [4.78, 5) is 34.7. The first-order chi connectivity index (χ1) is 6.06. The van der Waals surface area contributed by atoms with Gasteiger partial charge in [-0.2, -0.15) is 0 Å². The van der Waals surface area contributed by atoms with Gasteiger partial charge < -0.3 is 24.7 Å². The van der Waals surface area contributed by atoms with Crippen molar-refractivity contribution in [2.45, 2.75) is 31.3 Å². The van der Waals surface area contributed by atoms with Crippen LogP contribution in [-0.4, -0.2) is 118 Å². The monoisotopic (exact) mass is 320 g/mol. The second-order valence-corrected chi connectivity index (χ2v) is 6.97. The quantitative estimate of drug-likeness (QED) is 0.299. The van der Waals surface area contributed by atoms with Gasteiger partial charge >= 0.3 is 104 Å². The first-order valence-corrected chi connectivity index (χ1v) is 7.12. The molecule has 0 unspecified atom stereocenters. The number of rotatable bonds is 5. The van der Waals surface area contributed by atoms with Crippen LogP contribution in [0.1, 0.15) is 26.2 Å². The van der Waals surface area contributed by atoms with Crippen LogP contribution in [0.25, 0.3) is 0 Å². The van der Waals surface area contributed by atoms with E-state index in [1.54, 1.807) is 6.92 Å². The molecule has 0 aromatic rings. The van der Waals surface area contributed by atoms with Crippen molar-refractivity contribution in [3.05, 3.63) is 0 Å². The van der Waals surface area contributed by atoms with E-state index in [4.69, 9.17) is 19.6 Å². The SMILES string of the molecule is CCCCC(O)(P(=O)(O)O)P(=O)(O)O.[NaH].[NaH].[NaH]. The molecule has 12 heteroatoms. The van der Waals surface area contributed by atoms with Crippen LogP contribution < -0.4 is 0 Å². The van der Waals surface area contributed by atoms with E-state index in [1.807, 2.05) is 0 Å². The molecule has 0 aliphatic heterocycles. The molecular weight excluding hydrogens is 303 g/mol. The number of hydrogen-bond donors (Lipinski definition) is 5. The van der Waals surface area contributed by atoms with Crippen LogP contribution in [0.4, 0.5) is 0 Å². The number of hydrogen-bond acceptors (Lipinski definition) is 3. The Bertz CT molecular complexity index is 265. The van der Waals surface area contributed by atoms with Gasteiger partial charge in [0, 0.05) is 0 Å². The van der Waals surface area contributed by atoms with Crippen LogP contribution in [0, 0.1) is 0 Å². The predicted molar refractivity (Wildman–Crippen MR) is 70.0 cm³/mol. The zero-order chi connectivity index (χ0) is 11.6. The van der Waals surface area contributed by atoms with E-state index in [1.165, 1.54) is 0 Å². The molecule has 92 valence electrons. The van der Waals surface area contributed by atoms with E-state index in [0.717, 1.165) is 0 Å². The summed E-state index contributed by atoms with van der Waals surface area (Å²) < 4.78 is 21.5. The molecule has 0 aliphatic carbocycles. The van der Waals surface area contributed by atoms with E-state index in [2.05, 4.69) is 0 Å². The molecule has 0 bridgehead atoms. The molecule has 0 aromatic carbocycles. The van der Waals surface area contributed by atoms with Crippen LogP contribution >= 0.6 is 15.2 Å². The molecule has 0 atom stereocenters. The van der Waals surface area contributed by atoms with Gasteiger partial charge in [-0.15, -0.1) is 0 Å². The predicted octanol–water partition coefficient (Wildman–Crippen LogP) is -1.77. The molecule has 5 N–H and O–H groups in total. The Balaban J connectivity index is -0.000000282. The maximum absolute atomic E-state index is 10.8. The van der Waals surface area contributed by atoms with Gasteiger partial charge in [0.25, 0.3) is 5.08 Å². The van der Waals surface area contributed by atoms with Gasteiger partial charge in [0.15, 0.2) is 0 Å². The van der Waals surface area contributed by atoms with E-state index in [-0.39, 0.29) is 95.1 Å². The Hall–Kier alpha value is 3.26. The average Bonchev–Trinajstić information content (AvgIpc) is 1.95. The summed E-state index contributed by atoms with van der Waals surface area (Å²) in [5.41, 5.74) is 0. The van der Waals surface area contributed by atoms with Crippen molar-refractivity contribution in [2.24, 2.45) is 0 Å². The average molecular weight is 320 g/mol. The molecule has 0 fully saturated rings. The zero-order valence-corrected chi connectivity index (χ0v) is 9.36. The first-order valence-electron chi connectivity index (χ1n) is 3.90.